The van der Waals surface area contributed by atoms with Crippen molar-refractivity contribution in [1.29, 1.82) is 0 Å². The zero-order valence-electron chi connectivity index (χ0n) is 11.6. The van der Waals surface area contributed by atoms with Crippen LogP contribution in [0.4, 0.5) is 5.82 Å². The minimum absolute atomic E-state index is 0.0353. The van der Waals surface area contributed by atoms with E-state index in [-0.39, 0.29) is 6.61 Å². The summed E-state index contributed by atoms with van der Waals surface area (Å²) in [6.45, 7) is 0.367. The van der Waals surface area contributed by atoms with E-state index < -0.39 is 10.1 Å². The number of rotatable bonds is 6. The van der Waals surface area contributed by atoms with Crippen molar-refractivity contribution in [2.75, 3.05) is 13.4 Å². The molecular weight excluding hydrogens is 314 g/mol. The van der Waals surface area contributed by atoms with Crippen LogP contribution in [0.2, 0.25) is 0 Å². The molecule has 0 spiro atoms. The van der Waals surface area contributed by atoms with Crippen molar-refractivity contribution in [3.63, 3.8) is 0 Å². The van der Waals surface area contributed by atoms with E-state index in [2.05, 4.69) is 9.98 Å². The number of thiazole rings is 1. The highest BCUT2D eigenvalue weighted by atomic mass is 32.2. The zero-order chi connectivity index (χ0) is 15.3. The van der Waals surface area contributed by atoms with Gasteiger partial charge in [-0.2, -0.15) is 8.42 Å². The van der Waals surface area contributed by atoms with Crippen molar-refractivity contribution in [2.24, 2.45) is 4.99 Å². The Bertz CT molecular complexity index is 765. The molecule has 0 aromatic carbocycles. The Hall–Kier alpha value is -1.55. The van der Waals surface area contributed by atoms with Gasteiger partial charge in [0.05, 0.1) is 12.9 Å². The fraction of sp³-hybridized carbons (Fsp3) is 0.333. The van der Waals surface area contributed by atoms with Crippen molar-refractivity contribution in [2.45, 2.75) is 13.3 Å². The number of nitrogens with zero attached hydrogens (tertiary/aromatic N) is 3. The van der Waals surface area contributed by atoms with E-state index in [0.717, 1.165) is 11.1 Å². The number of aromatic nitrogens is 2. The van der Waals surface area contributed by atoms with Crippen LogP contribution >= 0.6 is 11.3 Å². The summed E-state index contributed by atoms with van der Waals surface area (Å²) in [6, 6.07) is 3.36. The van der Waals surface area contributed by atoms with E-state index in [1.54, 1.807) is 25.4 Å². The molecular formula is C12H15N3O4S2. The molecule has 0 amide bonds. The monoisotopic (exact) mass is 329 g/mol. The molecule has 0 atom stereocenters. The first-order valence-corrected chi connectivity index (χ1v) is 8.64. The third-order valence-corrected chi connectivity index (χ3v) is 3.73. The molecule has 2 aromatic rings. The second-order valence-corrected chi connectivity index (χ2v) is 6.69. The van der Waals surface area contributed by atoms with Gasteiger partial charge in [-0.15, -0.1) is 11.3 Å². The Labute approximate surface area is 126 Å². The van der Waals surface area contributed by atoms with Crippen molar-refractivity contribution < 1.29 is 17.3 Å². The summed E-state index contributed by atoms with van der Waals surface area (Å²) in [6.07, 6.45) is 4.44. The summed E-state index contributed by atoms with van der Waals surface area (Å²) in [5, 5.41) is 1.90. The molecule has 0 radical (unpaired) electrons. The van der Waals surface area contributed by atoms with Crippen LogP contribution in [0.5, 0.6) is 0 Å². The maximum atomic E-state index is 11.0. The maximum absolute atomic E-state index is 11.0. The predicted molar refractivity (Wildman–Crippen MR) is 78.4 cm³/mol. The van der Waals surface area contributed by atoms with Crippen LogP contribution < -0.4 is 4.80 Å². The topological polar surface area (TPSA) is 82.8 Å². The first kappa shape index (κ1) is 15.8. The minimum atomic E-state index is -3.47. The fourth-order valence-electron chi connectivity index (χ4n) is 1.51. The second-order valence-electron chi connectivity index (χ2n) is 4.17. The third-order valence-electron chi connectivity index (χ3n) is 2.39. The van der Waals surface area contributed by atoms with Crippen molar-refractivity contribution >= 4 is 27.3 Å². The minimum Gasteiger partial charge on any atom is -0.364 e. The molecule has 0 aliphatic rings. The molecule has 0 aliphatic heterocycles. The molecule has 114 valence electrons. The van der Waals surface area contributed by atoms with Gasteiger partial charge in [0.2, 0.25) is 0 Å². The first-order valence-electron chi connectivity index (χ1n) is 5.95. The van der Waals surface area contributed by atoms with Gasteiger partial charge >= 0.3 is 0 Å². The van der Waals surface area contributed by atoms with E-state index >= 15 is 0 Å². The highest BCUT2D eigenvalue weighted by Crippen LogP contribution is 2.11. The number of hydrogen-bond donors (Lipinski definition) is 0. The van der Waals surface area contributed by atoms with Gasteiger partial charge in [0.1, 0.15) is 6.73 Å². The Morgan fingerprint density at radius 2 is 2.29 bits per heavy atom. The molecule has 0 saturated carbocycles. The standard InChI is InChI=1S/C12H15N3O4S2/c1-18-9-15-5-6-20-12(15)14-11-7-10(3-4-13-11)8-19-21(2,16)17/h3-7H,8-9H2,1-2H3. The summed E-state index contributed by atoms with van der Waals surface area (Å²) in [4.78, 5) is 9.29. The van der Waals surface area contributed by atoms with E-state index in [1.807, 2.05) is 16.1 Å². The molecule has 0 unspecified atom stereocenters. The molecule has 0 fully saturated rings. The average molecular weight is 329 g/mol. The number of ether oxygens (including phenoxy) is 1. The lowest BCUT2D eigenvalue weighted by Gasteiger charge is -2.02. The molecule has 2 rings (SSSR count). The van der Waals surface area contributed by atoms with Gasteiger partial charge < -0.3 is 4.74 Å². The Morgan fingerprint density at radius 3 is 3.00 bits per heavy atom. The smallest absolute Gasteiger partial charge is 0.264 e. The molecule has 2 heterocycles. The van der Waals surface area contributed by atoms with E-state index in [1.165, 1.54) is 11.3 Å². The molecule has 2 aromatic heterocycles. The van der Waals surface area contributed by atoms with E-state index in [4.69, 9.17) is 8.92 Å². The summed E-state index contributed by atoms with van der Waals surface area (Å²) < 4.78 is 33.6. The molecule has 0 aliphatic carbocycles. The van der Waals surface area contributed by atoms with Gasteiger partial charge in [0, 0.05) is 24.9 Å². The average Bonchev–Trinajstić information content (AvgIpc) is 2.84. The SMILES string of the molecule is COCn1ccsc1=Nc1cc(COS(C)(=O)=O)ccn1. The van der Waals surface area contributed by atoms with Crippen LogP contribution in [0, 0.1) is 0 Å². The van der Waals surface area contributed by atoms with E-state index in [0.29, 0.717) is 18.1 Å². The molecule has 0 N–H and O–H groups in total. The third kappa shape index (κ3) is 5.05. The quantitative estimate of drug-likeness (QED) is 0.745. The second kappa shape index (κ2) is 6.94. The van der Waals surface area contributed by atoms with Gasteiger partial charge in [-0.25, -0.2) is 9.98 Å². The van der Waals surface area contributed by atoms with Gasteiger partial charge in [-0.3, -0.25) is 8.75 Å². The van der Waals surface area contributed by atoms with Gasteiger partial charge in [0.25, 0.3) is 10.1 Å². The Morgan fingerprint density at radius 1 is 1.48 bits per heavy atom. The summed E-state index contributed by atoms with van der Waals surface area (Å²) >= 11 is 1.46. The van der Waals surface area contributed by atoms with Crippen molar-refractivity contribution in [3.05, 3.63) is 40.3 Å². The van der Waals surface area contributed by atoms with Gasteiger partial charge in [-0.1, -0.05) is 0 Å². The van der Waals surface area contributed by atoms with Crippen LogP contribution in [0.3, 0.4) is 0 Å². The van der Waals surface area contributed by atoms with Gasteiger partial charge in [0.15, 0.2) is 10.6 Å². The molecule has 0 bridgehead atoms. The maximum Gasteiger partial charge on any atom is 0.264 e. The molecule has 7 nitrogen and oxygen atoms in total. The lowest BCUT2D eigenvalue weighted by atomic mass is 10.3. The highest BCUT2D eigenvalue weighted by molar-refractivity contribution is 7.85. The summed E-state index contributed by atoms with van der Waals surface area (Å²) in [5.74, 6) is 0.483. The van der Waals surface area contributed by atoms with Gasteiger partial charge in [-0.05, 0) is 17.7 Å². The largest absolute Gasteiger partial charge is 0.364 e. The normalized spacial score (nSPS) is 12.8. The molecule has 9 heteroatoms. The summed E-state index contributed by atoms with van der Waals surface area (Å²) in [7, 11) is -1.86. The lowest BCUT2D eigenvalue weighted by molar-refractivity contribution is 0.129. The van der Waals surface area contributed by atoms with Crippen molar-refractivity contribution in [3.8, 4) is 0 Å². The first-order chi connectivity index (χ1) is 9.98. The predicted octanol–water partition coefficient (Wildman–Crippen LogP) is 1.26. The molecule has 21 heavy (non-hydrogen) atoms. The van der Waals surface area contributed by atoms with Crippen molar-refractivity contribution in [1.82, 2.24) is 9.55 Å². The number of methoxy groups -OCH3 is 1. The number of pyridine rings is 1. The van der Waals surface area contributed by atoms with Crippen LogP contribution in [-0.4, -0.2) is 31.3 Å². The number of hydrogen-bond acceptors (Lipinski definition) is 7. The van der Waals surface area contributed by atoms with Crippen LogP contribution in [0.25, 0.3) is 0 Å². The zero-order valence-corrected chi connectivity index (χ0v) is 13.2. The Balaban J connectivity index is 2.23. The fourth-order valence-corrected chi connectivity index (χ4v) is 2.58. The van der Waals surface area contributed by atoms with Crippen LogP contribution in [0.1, 0.15) is 5.56 Å². The Kier molecular flexibility index (Phi) is 5.23. The lowest BCUT2D eigenvalue weighted by Crippen LogP contribution is -2.14. The highest BCUT2D eigenvalue weighted by Gasteiger charge is 2.04. The summed E-state index contributed by atoms with van der Waals surface area (Å²) in [5.41, 5.74) is 0.684. The molecule has 0 saturated heterocycles. The van der Waals surface area contributed by atoms with E-state index in [9.17, 15) is 8.42 Å². The van der Waals surface area contributed by atoms with Crippen LogP contribution in [-0.2, 0) is 32.4 Å². The van der Waals surface area contributed by atoms with Crippen LogP contribution in [0.15, 0.2) is 34.9 Å².